The lowest BCUT2D eigenvalue weighted by atomic mass is 10.0. The predicted octanol–water partition coefficient (Wildman–Crippen LogP) is 3.69. The smallest absolute Gasteiger partial charge is 0.238 e. The van der Waals surface area contributed by atoms with Crippen LogP contribution in [0.4, 0.5) is 5.69 Å². The lowest BCUT2D eigenvalue weighted by Gasteiger charge is -2.25. The van der Waals surface area contributed by atoms with Crippen molar-refractivity contribution >= 4 is 11.6 Å². The van der Waals surface area contributed by atoms with E-state index in [9.17, 15) is 4.79 Å². The summed E-state index contributed by atoms with van der Waals surface area (Å²) in [4.78, 5) is 14.8. The number of nitriles is 1. The topological polar surface area (TPSA) is 74.6 Å². The van der Waals surface area contributed by atoms with Gasteiger partial charge in [-0.2, -0.15) is 5.26 Å². The molecule has 0 aromatic heterocycles. The summed E-state index contributed by atoms with van der Waals surface area (Å²) >= 11 is 0. The molecule has 1 amide bonds. The van der Waals surface area contributed by atoms with E-state index in [0.29, 0.717) is 26.2 Å². The lowest BCUT2D eigenvalue weighted by Crippen LogP contribution is -2.32. The molecule has 0 spiro atoms. The minimum absolute atomic E-state index is 0.0284. The Bertz CT molecular complexity index is 905. The number of ether oxygens (including phenoxy) is 2. The normalized spacial score (nSPS) is 18.7. The van der Waals surface area contributed by atoms with Crippen LogP contribution in [0.25, 0.3) is 0 Å². The Balaban J connectivity index is 1.40. The van der Waals surface area contributed by atoms with Gasteiger partial charge in [-0.15, -0.1) is 0 Å². The Morgan fingerprint density at radius 2 is 1.90 bits per heavy atom. The van der Waals surface area contributed by atoms with Gasteiger partial charge in [0.1, 0.15) is 0 Å². The van der Waals surface area contributed by atoms with E-state index in [1.807, 2.05) is 30.3 Å². The van der Waals surface area contributed by atoms with Crippen LogP contribution in [0.3, 0.4) is 0 Å². The van der Waals surface area contributed by atoms with Gasteiger partial charge in [-0.05, 0) is 54.8 Å². The zero-order valence-corrected chi connectivity index (χ0v) is 16.4. The van der Waals surface area contributed by atoms with Crippen LogP contribution in [0.5, 0.6) is 11.5 Å². The van der Waals surface area contributed by atoms with Gasteiger partial charge in [0.2, 0.25) is 5.91 Å². The highest BCUT2D eigenvalue weighted by Gasteiger charge is 2.28. The number of amides is 1. The molecule has 1 fully saturated rings. The Hall–Kier alpha value is -3.04. The molecule has 150 valence electrons. The maximum atomic E-state index is 12.6. The summed E-state index contributed by atoms with van der Waals surface area (Å²) < 4.78 is 11.6. The van der Waals surface area contributed by atoms with Crippen LogP contribution in [0.1, 0.15) is 36.4 Å². The first-order valence-corrected chi connectivity index (χ1v) is 10.1. The Morgan fingerprint density at radius 3 is 2.69 bits per heavy atom. The highest BCUT2D eigenvalue weighted by molar-refractivity contribution is 5.92. The van der Waals surface area contributed by atoms with Gasteiger partial charge in [-0.25, -0.2) is 0 Å². The van der Waals surface area contributed by atoms with Crippen molar-refractivity contribution in [1.82, 2.24) is 4.90 Å². The molecule has 0 saturated carbocycles. The van der Waals surface area contributed by atoms with Gasteiger partial charge in [0, 0.05) is 18.2 Å². The third-order valence-corrected chi connectivity index (χ3v) is 5.39. The largest absolute Gasteiger partial charge is 0.490 e. The molecule has 2 aromatic rings. The molecule has 6 nitrogen and oxygen atoms in total. The number of benzene rings is 2. The van der Waals surface area contributed by atoms with E-state index < -0.39 is 0 Å². The molecule has 29 heavy (non-hydrogen) atoms. The fourth-order valence-corrected chi connectivity index (χ4v) is 3.96. The summed E-state index contributed by atoms with van der Waals surface area (Å²) in [6.45, 7) is 2.59. The van der Waals surface area contributed by atoms with E-state index in [-0.39, 0.29) is 11.9 Å². The molecule has 0 radical (unpaired) electrons. The van der Waals surface area contributed by atoms with Crippen molar-refractivity contribution in [1.29, 1.82) is 5.26 Å². The third kappa shape index (κ3) is 4.69. The van der Waals surface area contributed by atoms with Crippen molar-refractivity contribution in [2.45, 2.75) is 31.7 Å². The monoisotopic (exact) mass is 391 g/mol. The second kappa shape index (κ2) is 8.97. The number of hydrogen-bond donors (Lipinski definition) is 1. The first-order chi connectivity index (χ1) is 14.2. The second-order valence-electron chi connectivity index (χ2n) is 7.47. The average Bonchev–Trinajstić information content (AvgIpc) is 3.04. The molecule has 2 aliphatic heterocycles. The van der Waals surface area contributed by atoms with Crippen LogP contribution < -0.4 is 14.8 Å². The molecule has 0 aliphatic carbocycles. The summed E-state index contributed by atoms with van der Waals surface area (Å²) in [7, 11) is 0. The Kier molecular flexibility index (Phi) is 5.97. The van der Waals surface area contributed by atoms with Crippen molar-refractivity contribution in [3.63, 3.8) is 0 Å². The number of nitrogens with zero attached hydrogens (tertiary/aromatic N) is 2. The van der Waals surface area contributed by atoms with E-state index in [0.717, 1.165) is 48.6 Å². The zero-order valence-electron chi connectivity index (χ0n) is 16.4. The highest BCUT2D eigenvalue weighted by Crippen LogP contribution is 2.37. The van der Waals surface area contributed by atoms with Crippen molar-refractivity contribution in [2.24, 2.45) is 0 Å². The van der Waals surface area contributed by atoms with Gasteiger partial charge in [0.15, 0.2) is 11.5 Å². The first kappa shape index (κ1) is 19.3. The number of carbonyl (C=O) groups is 1. The van der Waals surface area contributed by atoms with E-state index in [4.69, 9.17) is 14.7 Å². The number of anilines is 1. The standard InChI is InChI=1S/C23H25N3O3/c24-11-10-17-4-7-19(8-5-17)25-23(27)16-26-12-1-3-20(26)18-6-9-21-22(15-18)29-14-2-13-28-21/h4-9,15,20H,1-3,10,12-14,16H2,(H,25,27)/t20-/m0/s1. The van der Waals surface area contributed by atoms with Crippen LogP contribution in [-0.4, -0.2) is 37.1 Å². The fraction of sp³-hybridized carbons (Fsp3) is 0.391. The fourth-order valence-electron chi connectivity index (χ4n) is 3.96. The molecule has 4 rings (SSSR count). The number of likely N-dealkylation sites (tertiary alicyclic amines) is 1. The molecular formula is C23H25N3O3. The summed E-state index contributed by atoms with van der Waals surface area (Å²) in [5, 5.41) is 11.7. The van der Waals surface area contributed by atoms with Gasteiger partial charge in [0.05, 0.1) is 32.2 Å². The maximum Gasteiger partial charge on any atom is 0.238 e. The zero-order chi connectivity index (χ0) is 20.1. The van der Waals surface area contributed by atoms with E-state index in [2.05, 4.69) is 28.4 Å². The molecule has 6 heteroatoms. The number of nitrogens with one attached hydrogen (secondary N) is 1. The minimum atomic E-state index is -0.0284. The number of hydrogen-bond acceptors (Lipinski definition) is 5. The second-order valence-corrected chi connectivity index (χ2v) is 7.47. The first-order valence-electron chi connectivity index (χ1n) is 10.1. The van der Waals surface area contributed by atoms with Crippen LogP contribution in [0.2, 0.25) is 0 Å². The van der Waals surface area contributed by atoms with Crippen molar-refractivity contribution in [3.8, 4) is 17.6 Å². The molecule has 0 unspecified atom stereocenters. The van der Waals surface area contributed by atoms with Crippen molar-refractivity contribution < 1.29 is 14.3 Å². The number of rotatable bonds is 5. The molecule has 1 atom stereocenters. The molecule has 0 bridgehead atoms. The molecule has 2 aromatic carbocycles. The van der Waals surface area contributed by atoms with Gasteiger partial charge < -0.3 is 14.8 Å². The average molecular weight is 391 g/mol. The van der Waals surface area contributed by atoms with Gasteiger partial charge in [-0.3, -0.25) is 9.69 Å². The molecule has 1 saturated heterocycles. The molecular weight excluding hydrogens is 366 g/mol. The lowest BCUT2D eigenvalue weighted by molar-refractivity contribution is -0.117. The van der Waals surface area contributed by atoms with Crippen LogP contribution >= 0.6 is 0 Å². The van der Waals surface area contributed by atoms with Gasteiger partial charge in [-0.1, -0.05) is 18.2 Å². The summed E-state index contributed by atoms with van der Waals surface area (Å²) in [5.74, 6) is 1.57. The predicted molar refractivity (Wildman–Crippen MR) is 110 cm³/mol. The third-order valence-electron chi connectivity index (χ3n) is 5.39. The summed E-state index contributed by atoms with van der Waals surface area (Å²) in [6, 6.07) is 15.9. The maximum absolute atomic E-state index is 12.6. The van der Waals surface area contributed by atoms with Crippen molar-refractivity contribution in [3.05, 3.63) is 53.6 Å². The van der Waals surface area contributed by atoms with Crippen molar-refractivity contribution in [2.75, 3.05) is 31.6 Å². The van der Waals surface area contributed by atoms with Crippen LogP contribution in [-0.2, 0) is 11.2 Å². The molecule has 2 heterocycles. The molecule has 2 aliphatic rings. The van der Waals surface area contributed by atoms with E-state index in [1.54, 1.807) is 0 Å². The quantitative estimate of drug-likeness (QED) is 0.841. The molecule has 1 N–H and O–H groups in total. The Labute approximate surface area is 171 Å². The van der Waals surface area contributed by atoms with Gasteiger partial charge >= 0.3 is 0 Å². The van der Waals surface area contributed by atoms with E-state index in [1.165, 1.54) is 5.56 Å². The SMILES string of the molecule is N#CCc1ccc(NC(=O)CN2CCC[C@H]2c2ccc3c(c2)OCCCO3)cc1. The van der Waals surface area contributed by atoms with Crippen LogP contribution in [0, 0.1) is 11.3 Å². The van der Waals surface area contributed by atoms with Crippen LogP contribution in [0.15, 0.2) is 42.5 Å². The Morgan fingerprint density at radius 1 is 1.10 bits per heavy atom. The number of fused-ring (bicyclic) bond motifs is 1. The summed E-state index contributed by atoms with van der Waals surface area (Å²) in [5.41, 5.74) is 2.86. The summed E-state index contributed by atoms with van der Waals surface area (Å²) in [6.07, 6.45) is 3.35. The van der Waals surface area contributed by atoms with Gasteiger partial charge in [0.25, 0.3) is 0 Å². The highest BCUT2D eigenvalue weighted by atomic mass is 16.5. The van der Waals surface area contributed by atoms with E-state index >= 15 is 0 Å². The number of carbonyl (C=O) groups excluding carboxylic acids is 1. The minimum Gasteiger partial charge on any atom is -0.490 e.